The van der Waals surface area contributed by atoms with Crippen LogP contribution in [-0.2, 0) is 9.59 Å². The van der Waals surface area contributed by atoms with Crippen LogP contribution in [0.1, 0.15) is 6.92 Å². The van der Waals surface area contributed by atoms with E-state index in [1.165, 1.54) is 0 Å². The van der Waals surface area contributed by atoms with Gasteiger partial charge in [0.05, 0.1) is 11.5 Å². The maximum atomic E-state index is 11.8. The Bertz CT molecular complexity index is 334. The highest BCUT2D eigenvalue weighted by Crippen LogP contribution is 2.06. The molecule has 1 aliphatic heterocycles. The van der Waals surface area contributed by atoms with Crippen molar-refractivity contribution in [1.82, 2.24) is 15.1 Å². The highest BCUT2D eigenvalue weighted by atomic mass is 32.1. The molecule has 1 unspecified atom stereocenters. The first-order valence-corrected chi connectivity index (χ1v) is 5.88. The fourth-order valence-corrected chi connectivity index (χ4v) is 1.69. The molecule has 1 rings (SSSR count). The van der Waals surface area contributed by atoms with Gasteiger partial charge in [0.15, 0.2) is 0 Å². The van der Waals surface area contributed by atoms with Crippen molar-refractivity contribution in [2.75, 3.05) is 33.2 Å². The van der Waals surface area contributed by atoms with E-state index in [9.17, 15) is 9.59 Å². The second-order valence-corrected chi connectivity index (χ2v) is 4.75. The van der Waals surface area contributed by atoms with Crippen LogP contribution in [0.4, 0.5) is 0 Å². The molecule has 1 heterocycles. The Morgan fingerprint density at radius 2 is 2.12 bits per heavy atom. The molecule has 0 aromatic rings. The van der Waals surface area contributed by atoms with Crippen LogP contribution >= 0.6 is 12.2 Å². The summed E-state index contributed by atoms with van der Waals surface area (Å²) in [6.45, 7) is 3.99. The molecule has 0 bridgehead atoms. The van der Waals surface area contributed by atoms with E-state index >= 15 is 0 Å². The van der Waals surface area contributed by atoms with Crippen molar-refractivity contribution >= 4 is 29.0 Å². The Balaban J connectivity index is 2.47. The molecule has 0 radical (unpaired) electrons. The van der Waals surface area contributed by atoms with Gasteiger partial charge in [-0.2, -0.15) is 0 Å². The third-order valence-corrected chi connectivity index (χ3v) is 3.01. The van der Waals surface area contributed by atoms with Crippen LogP contribution in [0.15, 0.2) is 0 Å². The van der Waals surface area contributed by atoms with Crippen LogP contribution in [0.3, 0.4) is 0 Å². The van der Waals surface area contributed by atoms with Crippen molar-refractivity contribution in [3.63, 3.8) is 0 Å². The number of carbonyl (C=O) groups is 2. The number of piperazine rings is 1. The summed E-state index contributed by atoms with van der Waals surface area (Å²) in [5.74, 6) is -1.16. The van der Waals surface area contributed by atoms with Crippen molar-refractivity contribution in [3.05, 3.63) is 0 Å². The molecule has 1 saturated heterocycles. The van der Waals surface area contributed by atoms with Gasteiger partial charge in [0.25, 0.3) is 0 Å². The first-order valence-electron chi connectivity index (χ1n) is 5.47. The molecule has 0 saturated carbocycles. The van der Waals surface area contributed by atoms with Crippen molar-refractivity contribution in [2.24, 2.45) is 5.73 Å². The minimum atomic E-state index is -0.644. The molecule has 96 valence electrons. The summed E-state index contributed by atoms with van der Waals surface area (Å²) in [4.78, 5) is 27.1. The van der Waals surface area contributed by atoms with Crippen LogP contribution in [0.25, 0.3) is 0 Å². The number of rotatable bonds is 2. The Morgan fingerprint density at radius 3 is 2.65 bits per heavy atom. The Morgan fingerprint density at radius 1 is 1.47 bits per heavy atom. The molecular formula is C10H18N4O2S. The average molecular weight is 258 g/mol. The molecule has 0 aliphatic carbocycles. The van der Waals surface area contributed by atoms with Crippen molar-refractivity contribution in [2.45, 2.75) is 13.0 Å². The van der Waals surface area contributed by atoms with Gasteiger partial charge in [-0.25, -0.2) is 0 Å². The first-order chi connectivity index (χ1) is 7.91. The van der Waals surface area contributed by atoms with E-state index in [2.05, 4.69) is 22.4 Å². The summed E-state index contributed by atoms with van der Waals surface area (Å²) in [5, 5.41) is 2.40. The molecule has 0 aromatic carbocycles. The number of nitrogens with zero attached hydrogens (tertiary/aromatic N) is 2. The summed E-state index contributed by atoms with van der Waals surface area (Å²) in [5.41, 5.74) is 5.24. The van der Waals surface area contributed by atoms with E-state index in [1.54, 1.807) is 4.90 Å². The van der Waals surface area contributed by atoms with Crippen LogP contribution in [0.2, 0.25) is 0 Å². The quantitative estimate of drug-likeness (QED) is 0.468. The third-order valence-electron chi connectivity index (χ3n) is 2.86. The predicted octanol–water partition coefficient (Wildman–Crippen LogP) is -1.45. The predicted molar refractivity (Wildman–Crippen MR) is 68.5 cm³/mol. The van der Waals surface area contributed by atoms with E-state index in [4.69, 9.17) is 5.73 Å². The number of hydrogen-bond donors (Lipinski definition) is 2. The standard InChI is InChI=1S/C10H18N4O2S/c1-7-6-14(4-3-13(7)2)10(16)9(15)12-5-8(11)17/h7H,3-6H2,1-2H3,(H2,11,17)(H,12,15). The van der Waals surface area contributed by atoms with Gasteiger partial charge in [0, 0.05) is 25.7 Å². The number of amides is 2. The number of hydrogen-bond acceptors (Lipinski definition) is 4. The zero-order chi connectivity index (χ0) is 13.0. The van der Waals surface area contributed by atoms with Crippen molar-refractivity contribution < 1.29 is 9.59 Å². The Labute approximate surface area is 106 Å². The van der Waals surface area contributed by atoms with Gasteiger partial charge < -0.3 is 20.9 Å². The minimum absolute atomic E-state index is 0.0587. The van der Waals surface area contributed by atoms with E-state index < -0.39 is 11.8 Å². The maximum Gasteiger partial charge on any atom is 0.311 e. The normalized spacial score (nSPS) is 21.1. The molecule has 1 atom stereocenters. The monoisotopic (exact) mass is 258 g/mol. The van der Waals surface area contributed by atoms with Crippen molar-refractivity contribution in [3.8, 4) is 0 Å². The lowest BCUT2D eigenvalue weighted by Gasteiger charge is -2.37. The average Bonchev–Trinajstić information content (AvgIpc) is 2.28. The largest absolute Gasteiger partial charge is 0.392 e. The fraction of sp³-hybridized carbons (Fsp3) is 0.700. The van der Waals surface area contributed by atoms with Gasteiger partial charge in [0.1, 0.15) is 0 Å². The number of thiocarbonyl (C=S) groups is 1. The number of nitrogens with one attached hydrogen (secondary N) is 1. The smallest absolute Gasteiger partial charge is 0.311 e. The molecule has 0 spiro atoms. The molecule has 7 heteroatoms. The fourth-order valence-electron chi connectivity index (χ4n) is 1.62. The lowest BCUT2D eigenvalue weighted by molar-refractivity contribution is -0.147. The summed E-state index contributed by atoms with van der Waals surface area (Å²) < 4.78 is 0. The van der Waals surface area contributed by atoms with Crippen LogP contribution < -0.4 is 11.1 Å². The highest BCUT2D eigenvalue weighted by Gasteiger charge is 2.28. The zero-order valence-electron chi connectivity index (χ0n) is 10.1. The van der Waals surface area contributed by atoms with Crippen LogP contribution in [-0.4, -0.2) is 65.9 Å². The first kappa shape index (κ1) is 13.9. The third kappa shape index (κ3) is 3.94. The molecular weight excluding hydrogens is 240 g/mol. The number of likely N-dealkylation sites (N-methyl/N-ethyl adjacent to an activating group) is 1. The summed E-state index contributed by atoms with van der Waals surface area (Å²) >= 11 is 4.62. The molecule has 17 heavy (non-hydrogen) atoms. The van der Waals surface area contributed by atoms with E-state index in [-0.39, 0.29) is 17.6 Å². The number of nitrogens with two attached hydrogens (primary N) is 1. The van der Waals surface area contributed by atoms with Gasteiger partial charge in [-0.15, -0.1) is 0 Å². The summed E-state index contributed by atoms with van der Waals surface area (Å²) in [6.07, 6.45) is 0. The maximum absolute atomic E-state index is 11.8. The van der Waals surface area contributed by atoms with Gasteiger partial charge in [-0.05, 0) is 14.0 Å². The second-order valence-electron chi connectivity index (χ2n) is 4.23. The highest BCUT2D eigenvalue weighted by molar-refractivity contribution is 7.80. The topological polar surface area (TPSA) is 78.7 Å². The Kier molecular flexibility index (Phi) is 4.83. The zero-order valence-corrected chi connectivity index (χ0v) is 10.9. The molecule has 0 aromatic heterocycles. The molecule has 1 aliphatic rings. The van der Waals surface area contributed by atoms with E-state index in [0.717, 1.165) is 6.54 Å². The lowest BCUT2D eigenvalue weighted by atomic mass is 10.2. The van der Waals surface area contributed by atoms with Crippen LogP contribution in [0.5, 0.6) is 0 Å². The van der Waals surface area contributed by atoms with E-state index in [1.807, 2.05) is 14.0 Å². The molecule has 3 N–H and O–H groups in total. The molecule has 6 nitrogen and oxygen atoms in total. The Hall–Kier alpha value is -1.21. The van der Waals surface area contributed by atoms with E-state index in [0.29, 0.717) is 13.1 Å². The van der Waals surface area contributed by atoms with Crippen molar-refractivity contribution in [1.29, 1.82) is 0 Å². The SMILES string of the molecule is CC1CN(C(=O)C(=O)NCC(N)=S)CCN1C. The summed E-state index contributed by atoms with van der Waals surface area (Å²) in [7, 11) is 2.00. The second kappa shape index (κ2) is 5.92. The van der Waals surface area contributed by atoms with Crippen LogP contribution in [0, 0.1) is 0 Å². The molecule has 2 amide bonds. The summed E-state index contributed by atoms with van der Waals surface area (Å²) in [6, 6.07) is 0.260. The van der Waals surface area contributed by atoms with Gasteiger partial charge in [0.2, 0.25) is 0 Å². The number of carbonyl (C=O) groups excluding carboxylic acids is 2. The lowest BCUT2D eigenvalue weighted by Crippen LogP contribution is -2.55. The van der Waals surface area contributed by atoms with Gasteiger partial charge >= 0.3 is 11.8 Å². The van der Waals surface area contributed by atoms with Gasteiger partial charge in [-0.3, -0.25) is 9.59 Å². The molecule has 1 fully saturated rings. The van der Waals surface area contributed by atoms with Gasteiger partial charge in [-0.1, -0.05) is 12.2 Å². The minimum Gasteiger partial charge on any atom is -0.392 e.